The zero-order valence-electron chi connectivity index (χ0n) is 19.3. The number of rotatable bonds is 3. The Kier molecular flexibility index (Phi) is 7.48. The van der Waals surface area contributed by atoms with E-state index in [-0.39, 0.29) is 0 Å². The quantitative estimate of drug-likeness (QED) is 0.543. The molecule has 1 atom stereocenters. The molecular weight excluding hydrogens is 471 g/mol. The fourth-order valence-corrected chi connectivity index (χ4v) is 5.85. The van der Waals surface area contributed by atoms with Gasteiger partial charge in [0, 0.05) is 30.1 Å². The molecule has 1 saturated carbocycles. The van der Waals surface area contributed by atoms with Crippen molar-refractivity contribution in [3.05, 3.63) is 58.1 Å². The molecule has 8 heteroatoms. The van der Waals surface area contributed by atoms with Gasteiger partial charge < -0.3 is 10.8 Å². The van der Waals surface area contributed by atoms with Crippen LogP contribution >= 0.6 is 23.2 Å². The molecule has 5 rings (SSSR count). The molecule has 3 N–H and O–H groups in total. The second kappa shape index (κ2) is 10.4. The van der Waals surface area contributed by atoms with Crippen molar-refractivity contribution in [3.8, 4) is 11.1 Å². The smallest absolute Gasteiger partial charge is 0.300 e. The lowest BCUT2D eigenvalue weighted by Crippen LogP contribution is -2.49. The molecule has 0 bridgehead atoms. The van der Waals surface area contributed by atoms with Crippen molar-refractivity contribution in [2.75, 3.05) is 13.1 Å². The average molecular weight is 501 g/mol. The lowest BCUT2D eigenvalue weighted by molar-refractivity contribution is -0.134. The van der Waals surface area contributed by atoms with Crippen molar-refractivity contribution in [2.45, 2.75) is 51.0 Å². The van der Waals surface area contributed by atoms with Crippen LogP contribution in [-0.4, -0.2) is 40.9 Å². The molecule has 180 valence electrons. The summed E-state index contributed by atoms with van der Waals surface area (Å²) in [5, 5.41) is 8.69. The Morgan fingerprint density at radius 2 is 1.74 bits per heavy atom. The molecule has 1 aliphatic carbocycles. The number of hydrogen-bond acceptors (Lipinski definition) is 5. The van der Waals surface area contributed by atoms with Gasteiger partial charge in [0.25, 0.3) is 5.97 Å². The monoisotopic (exact) mass is 500 g/mol. The minimum Gasteiger partial charge on any atom is -0.481 e. The fraction of sp³-hybridized carbons (Fsp3) is 0.423. The highest BCUT2D eigenvalue weighted by Gasteiger charge is 2.52. The van der Waals surface area contributed by atoms with Crippen LogP contribution in [0.15, 0.2) is 52.4 Å². The number of carboxylic acid groups (broad SMARTS) is 1. The Morgan fingerprint density at radius 3 is 2.41 bits per heavy atom. The molecular formula is C26H30Cl2N4O2. The first-order chi connectivity index (χ1) is 16.3. The van der Waals surface area contributed by atoms with E-state index in [4.69, 9.17) is 48.8 Å². The van der Waals surface area contributed by atoms with Gasteiger partial charge in [0.15, 0.2) is 5.96 Å². The first kappa shape index (κ1) is 24.6. The fourth-order valence-electron chi connectivity index (χ4n) is 5.33. The Labute approximate surface area is 210 Å². The maximum atomic E-state index is 9.00. The third-order valence-corrected chi connectivity index (χ3v) is 7.10. The first-order valence-corrected chi connectivity index (χ1v) is 12.5. The molecule has 2 heterocycles. The summed E-state index contributed by atoms with van der Waals surface area (Å²) in [4.78, 5) is 21.3. The summed E-state index contributed by atoms with van der Waals surface area (Å²) in [5.74, 6) is 1.22. The van der Waals surface area contributed by atoms with Crippen molar-refractivity contribution >= 4 is 41.0 Å². The molecule has 0 amide bonds. The number of carboxylic acids is 1. The Hall–Kier alpha value is -2.57. The topological polar surface area (TPSA) is 91.3 Å². The number of nitrogens with zero attached hydrogens (tertiary/aromatic N) is 3. The Morgan fingerprint density at radius 1 is 1.06 bits per heavy atom. The third kappa shape index (κ3) is 4.93. The molecule has 0 radical (unpaired) electrons. The van der Waals surface area contributed by atoms with Gasteiger partial charge in [-0.1, -0.05) is 60.7 Å². The number of nitrogens with two attached hydrogens (primary N) is 1. The van der Waals surface area contributed by atoms with E-state index in [9.17, 15) is 0 Å². The summed E-state index contributed by atoms with van der Waals surface area (Å²) in [6.45, 7) is 2.82. The van der Waals surface area contributed by atoms with E-state index in [1.54, 1.807) is 6.07 Å². The van der Waals surface area contributed by atoms with Crippen molar-refractivity contribution in [2.24, 2.45) is 21.6 Å². The van der Waals surface area contributed by atoms with E-state index in [0.29, 0.717) is 21.9 Å². The number of amidine groups is 1. The van der Waals surface area contributed by atoms with Gasteiger partial charge in [0.2, 0.25) is 0 Å². The predicted octanol–water partition coefficient (Wildman–Crippen LogP) is 5.96. The van der Waals surface area contributed by atoms with Crippen molar-refractivity contribution < 1.29 is 9.90 Å². The molecule has 0 spiro atoms. The van der Waals surface area contributed by atoms with E-state index in [1.807, 2.05) is 12.1 Å². The van der Waals surface area contributed by atoms with E-state index >= 15 is 0 Å². The van der Waals surface area contributed by atoms with Gasteiger partial charge in [-0.05, 0) is 66.1 Å². The van der Waals surface area contributed by atoms with Crippen LogP contribution < -0.4 is 5.73 Å². The normalized spacial score (nSPS) is 22.3. The number of benzene rings is 2. The first-order valence-electron chi connectivity index (χ1n) is 11.8. The highest BCUT2D eigenvalue weighted by atomic mass is 35.5. The van der Waals surface area contributed by atoms with Gasteiger partial charge in [-0.25, -0.2) is 4.99 Å². The van der Waals surface area contributed by atoms with E-state index < -0.39 is 11.5 Å². The van der Waals surface area contributed by atoms with Gasteiger partial charge >= 0.3 is 0 Å². The summed E-state index contributed by atoms with van der Waals surface area (Å²) in [6, 6.07) is 14.3. The molecule has 3 aliphatic rings. The average Bonchev–Trinajstić information content (AvgIpc) is 3.12. The molecule has 2 aliphatic heterocycles. The van der Waals surface area contributed by atoms with Crippen LogP contribution in [0.5, 0.6) is 0 Å². The van der Waals surface area contributed by atoms with Crippen molar-refractivity contribution in [1.82, 2.24) is 4.90 Å². The summed E-state index contributed by atoms with van der Waals surface area (Å²) >= 11 is 12.6. The van der Waals surface area contributed by atoms with Crippen LogP contribution in [-0.2, 0) is 10.3 Å². The number of guanidine groups is 1. The highest BCUT2D eigenvalue weighted by molar-refractivity contribution is 6.35. The number of halogens is 2. The van der Waals surface area contributed by atoms with Crippen LogP contribution in [0.25, 0.3) is 11.1 Å². The van der Waals surface area contributed by atoms with Crippen LogP contribution in [0.3, 0.4) is 0 Å². The number of carbonyl (C=O) groups is 1. The summed E-state index contributed by atoms with van der Waals surface area (Å²) in [6.07, 6.45) is 7.08. The molecule has 2 aromatic rings. The maximum Gasteiger partial charge on any atom is 0.300 e. The SMILES string of the molecule is CC(=O)O.NC1=NC(c2cccc(-c3cc(Cl)cc(Cl)c3)c2)(C2CCCCC2)C2=NCCCN12. The van der Waals surface area contributed by atoms with Gasteiger partial charge in [-0.15, -0.1) is 0 Å². The summed E-state index contributed by atoms with van der Waals surface area (Å²) < 4.78 is 0. The third-order valence-electron chi connectivity index (χ3n) is 6.66. The van der Waals surface area contributed by atoms with Gasteiger partial charge in [-0.3, -0.25) is 14.7 Å². The summed E-state index contributed by atoms with van der Waals surface area (Å²) in [7, 11) is 0. The maximum absolute atomic E-state index is 9.00. The molecule has 6 nitrogen and oxygen atoms in total. The molecule has 0 aromatic heterocycles. The molecule has 34 heavy (non-hydrogen) atoms. The zero-order valence-corrected chi connectivity index (χ0v) is 20.8. The molecule has 1 unspecified atom stereocenters. The molecule has 2 aromatic carbocycles. The van der Waals surface area contributed by atoms with Gasteiger partial charge in [-0.2, -0.15) is 0 Å². The van der Waals surface area contributed by atoms with E-state index in [0.717, 1.165) is 61.8 Å². The van der Waals surface area contributed by atoms with Crippen LogP contribution in [0.1, 0.15) is 51.0 Å². The second-order valence-corrected chi connectivity index (χ2v) is 9.91. The number of aliphatic imine (C=N–C) groups is 2. The van der Waals surface area contributed by atoms with E-state index in [1.165, 1.54) is 19.3 Å². The number of hydrogen-bond donors (Lipinski definition) is 2. The van der Waals surface area contributed by atoms with Crippen molar-refractivity contribution in [3.63, 3.8) is 0 Å². The van der Waals surface area contributed by atoms with Crippen LogP contribution in [0.2, 0.25) is 10.0 Å². The van der Waals surface area contributed by atoms with Crippen LogP contribution in [0.4, 0.5) is 0 Å². The number of fused-ring (bicyclic) bond motifs is 1. The summed E-state index contributed by atoms with van der Waals surface area (Å²) in [5.41, 5.74) is 9.21. The Balaban J connectivity index is 0.000000636. The molecule has 1 fully saturated rings. The molecule has 0 saturated heterocycles. The largest absolute Gasteiger partial charge is 0.481 e. The van der Waals surface area contributed by atoms with Gasteiger partial charge in [0.05, 0.1) is 0 Å². The minimum atomic E-state index is -0.833. The van der Waals surface area contributed by atoms with Crippen LogP contribution in [0, 0.1) is 5.92 Å². The van der Waals surface area contributed by atoms with E-state index in [2.05, 4.69) is 29.2 Å². The predicted molar refractivity (Wildman–Crippen MR) is 139 cm³/mol. The standard InChI is InChI=1S/C24H26Cl2N4.C2H4O2/c25-20-13-17(14-21(26)15-20)16-6-4-9-19(12-16)24(18-7-2-1-3-8-18)22-28-10-5-11-30(22)23(27)29-24;1-2(3)4/h4,6,9,12-15,18H,1-3,5,7-8,10-11H2,(H2,27,29);1H3,(H,3,4). The second-order valence-electron chi connectivity index (χ2n) is 9.04. The number of aliphatic carboxylic acids is 1. The zero-order chi connectivity index (χ0) is 24.3. The van der Waals surface area contributed by atoms with Gasteiger partial charge in [0.1, 0.15) is 11.4 Å². The minimum absolute atomic E-state index is 0.407. The lowest BCUT2D eigenvalue weighted by atomic mass is 9.70. The van der Waals surface area contributed by atoms with Crippen molar-refractivity contribution in [1.29, 1.82) is 0 Å². The lowest BCUT2D eigenvalue weighted by Gasteiger charge is -2.40. The highest BCUT2D eigenvalue weighted by Crippen LogP contribution is 2.48. The Bertz CT molecular complexity index is 1100.